The molecule has 0 bridgehead atoms. The predicted octanol–water partition coefficient (Wildman–Crippen LogP) is 8.78. The predicted molar refractivity (Wildman–Crippen MR) is 144 cm³/mol. The first kappa shape index (κ1) is 21.1. The Hall–Kier alpha value is -3.80. The lowest BCUT2D eigenvalue weighted by Crippen LogP contribution is -2.09. The molecule has 0 fully saturated rings. The molecule has 0 aliphatic carbocycles. The number of nitrogens with zero attached hydrogens (tertiary/aromatic N) is 3. The van der Waals surface area contributed by atoms with Gasteiger partial charge in [0.05, 0.1) is 11.4 Å². The largest absolute Gasteiger partial charge is 0.311 e. The maximum Gasteiger partial charge on any atom is 0.0631 e. The van der Waals surface area contributed by atoms with Crippen LogP contribution in [0.5, 0.6) is 0 Å². The van der Waals surface area contributed by atoms with E-state index < -0.39 is 0 Å². The van der Waals surface area contributed by atoms with Crippen molar-refractivity contribution in [3.8, 4) is 0 Å². The molecule has 0 amide bonds. The van der Waals surface area contributed by atoms with Crippen molar-refractivity contribution in [2.75, 3.05) is 4.90 Å². The smallest absolute Gasteiger partial charge is 0.0631 e. The molecule has 5 rings (SSSR count). The number of hydrogen-bond donors (Lipinski definition) is 0. The maximum atomic E-state index is 4.60. The van der Waals surface area contributed by atoms with E-state index in [1.165, 1.54) is 0 Å². The van der Waals surface area contributed by atoms with Gasteiger partial charge in [-0.15, -0.1) is 22.7 Å². The van der Waals surface area contributed by atoms with Crippen LogP contribution in [-0.4, -0.2) is 12.4 Å². The third-order valence-electron chi connectivity index (χ3n) is 5.00. The third kappa shape index (κ3) is 5.34. The average molecular weight is 464 g/mol. The van der Waals surface area contributed by atoms with Gasteiger partial charge < -0.3 is 4.90 Å². The summed E-state index contributed by atoms with van der Waals surface area (Å²) >= 11 is 3.36. The van der Waals surface area contributed by atoms with Crippen LogP contribution < -0.4 is 4.90 Å². The molecule has 2 aromatic heterocycles. The highest BCUT2D eigenvalue weighted by Crippen LogP contribution is 2.36. The molecule has 0 aliphatic heterocycles. The second-order valence-corrected chi connectivity index (χ2v) is 9.21. The Balaban J connectivity index is 1.42. The molecule has 0 saturated carbocycles. The summed E-state index contributed by atoms with van der Waals surface area (Å²) in [5.74, 6) is 0. The summed E-state index contributed by atoms with van der Waals surface area (Å²) in [6.07, 6.45) is 3.81. The molecule has 3 aromatic carbocycles. The standard InChI is InChI=1S/C28H21N3S2/c1-2-6-24(7-3-1)31(25-14-10-22(11-15-25)29-20-27-8-4-18-32-27)26-16-12-23(13-17-26)30-21-28-9-5-19-33-28/h1-21H. The maximum absolute atomic E-state index is 4.60. The van der Waals surface area contributed by atoms with Gasteiger partial charge in [0.1, 0.15) is 0 Å². The second kappa shape index (κ2) is 10.2. The van der Waals surface area contributed by atoms with Crippen LogP contribution in [0.25, 0.3) is 0 Å². The van der Waals surface area contributed by atoms with Crippen LogP contribution in [-0.2, 0) is 0 Å². The van der Waals surface area contributed by atoms with E-state index in [1.54, 1.807) is 22.7 Å². The number of aliphatic imine (C=N–C) groups is 2. The van der Waals surface area contributed by atoms with E-state index in [0.29, 0.717) is 0 Å². The molecule has 33 heavy (non-hydrogen) atoms. The Kier molecular flexibility index (Phi) is 6.52. The van der Waals surface area contributed by atoms with Crippen LogP contribution >= 0.6 is 22.7 Å². The van der Waals surface area contributed by atoms with Crippen molar-refractivity contribution in [3.05, 3.63) is 124 Å². The van der Waals surface area contributed by atoms with Gasteiger partial charge in [0.2, 0.25) is 0 Å². The summed E-state index contributed by atoms with van der Waals surface area (Å²) in [5.41, 5.74) is 5.11. The number of rotatable bonds is 7. The van der Waals surface area contributed by atoms with E-state index in [-0.39, 0.29) is 0 Å². The Morgan fingerprint density at radius 3 is 1.36 bits per heavy atom. The second-order valence-electron chi connectivity index (χ2n) is 7.25. The average Bonchev–Trinajstić information content (AvgIpc) is 3.59. The van der Waals surface area contributed by atoms with Crippen molar-refractivity contribution in [1.82, 2.24) is 0 Å². The van der Waals surface area contributed by atoms with E-state index in [9.17, 15) is 0 Å². The Morgan fingerprint density at radius 1 is 0.485 bits per heavy atom. The quantitative estimate of drug-likeness (QED) is 0.222. The zero-order valence-electron chi connectivity index (χ0n) is 17.8. The van der Waals surface area contributed by atoms with Crippen LogP contribution in [0.3, 0.4) is 0 Å². The van der Waals surface area contributed by atoms with E-state index >= 15 is 0 Å². The summed E-state index contributed by atoms with van der Waals surface area (Å²) in [5, 5.41) is 4.11. The minimum Gasteiger partial charge on any atom is -0.311 e. The van der Waals surface area contributed by atoms with Gasteiger partial charge >= 0.3 is 0 Å². The molecule has 0 spiro atoms. The van der Waals surface area contributed by atoms with Crippen LogP contribution in [0.4, 0.5) is 28.4 Å². The SMILES string of the molecule is C(=Nc1ccc(N(c2ccccc2)c2ccc(N=Cc3cccs3)cc2)cc1)c1cccs1. The first-order valence-electron chi connectivity index (χ1n) is 10.6. The molecule has 0 unspecified atom stereocenters. The zero-order valence-corrected chi connectivity index (χ0v) is 19.4. The molecule has 5 heteroatoms. The number of hydrogen-bond acceptors (Lipinski definition) is 5. The summed E-state index contributed by atoms with van der Waals surface area (Å²) in [4.78, 5) is 13.7. The monoisotopic (exact) mass is 463 g/mol. The minimum absolute atomic E-state index is 0.929. The molecule has 160 valence electrons. The summed E-state index contributed by atoms with van der Waals surface area (Å²) in [7, 11) is 0. The molecule has 0 atom stereocenters. The van der Waals surface area contributed by atoms with Gasteiger partial charge in [0, 0.05) is 39.2 Å². The molecule has 0 N–H and O–H groups in total. The van der Waals surface area contributed by atoms with E-state index in [0.717, 1.165) is 38.2 Å². The van der Waals surface area contributed by atoms with E-state index in [2.05, 4.69) is 111 Å². The lowest BCUT2D eigenvalue weighted by atomic mass is 10.1. The Bertz CT molecular complexity index is 1230. The summed E-state index contributed by atoms with van der Waals surface area (Å²) in [6, 6.07) is 35.2. The Labute approximate surface area is 201 Å². The molecular formula is C28H21N3S2. The molecule has 0 saturated heterocycles. The van der Waals surface area contributed by atoms with Gasteiger partial charge in [-0.2, -0.15) is 0 Å². The number of anilines is 3. The van der Waals surface area contributed by atoms with Gasteiger partial charge in [-0.05, 0) is 83.6 Å². The van der Waals surface area contributed by atoms with Gasteiger partial charge in [-0.3, -0.25) is 9.98 Å². The van der Waals surface area contributed by atoms with Gasteiger partial charge in [-0.1, -0.05) is 30.3 Å². The lowest BCUT2D eigenvalue weighted by Gasteiger charge is -2.25. The fourth-order valence-electron chi connectivity index (χ4n) is 3.41. The first-order chi connectivity index (χ1) is 16.3. The number of thiophene rings is 2. The van der Waals surface area contributed by atoms with Gasteiger partial charge in [0.15, 0.2) is 0 Å². The van der Waals surface area contributed by atoms with Crippen LogP contribution in [0.1, 0.15) is 9.75 Å². The van der Waals surface area contributed by atoms with Crippen LogP contribution in [0.2, 0.25) is 0 Å². The molecule has 3 nitrogen and oxygen atoms in total. The van der Waals surface area contributed by atoms with Crippen molar-refractivity contribution in [3.63, 3.8) is 0 Å². The fraction of sp³-hybridized carbons (Fsp3) is 0. The van der Waals surface area contributed by atoms with Crippen LogP contribution in [0, 0.1) is 0 Å². The van der Waals surface area contributed by atoms with E-state index in [4.69, 9.17) is 0 Å². The van der Waals surface area contributed by atoms with Crippen molar-refractivity contribution in [1.29, 1.82) is 0 Å². The molecule has 0 radical (unpaired) electrons. The minimum atomic E-state index is 0.929. The lowest BCUT2D eigenvalue weighted by molar-refractivity contribution is 1.28. The zero-order chi connectivity index (χ0) is 22.3. The van der Waals surface area contributed by atoms with Crippen molar-refractivity contribution < 1.29 is 0 Å². The highest BCUT2D eigenvalue weighted by atomic mass is 32.1. The molecular weight excluding hydrogens is 442 g/mol. The summed E-state index contributed by atoms with van der Waals surface area (Å²) in [6.45, 7) is 0. The molecule has 5 aromatic rings. The van der Waals surface area contributed by atoms with Crippen molar-refractivity contribution >= 4 is 63.5 Å². The Morgan fingerprint density at radius 2 is 0.939 bits per heavy atom. The van der Waals surface area contributed by atoms with E-state index in [1.807, 2.05) is 30.6 Å². The normalized spacial score (nSPS) is 11.4. The van der Waals surface area contributed by atoms with Crippen LogP contribution in [0.15, 0.2) is 124 Å². The topological polar surface area (TPSA) is 28.0 Å². The van der Waals surface area contributed by atoms with Gasteiger partial charge in [-0.25, -0.2) is 0 Å². The van der Waals surface area contributed by atoms with Crippen molar-refractivity contribution in [2.24, 2.45) is 9.98 Å². The van der Waals surface area contributed by atoms with Crippen molar-refractivity contribution in [2.45, 2.75) is 0 Å². The number of para-hydroxylation sites is 1. The highest BCUT2D eigenvalue weighted by Gasteiger charge is 2.12. The third-order valence-corrected chi connectivity index (χ3v) is 6.61. The first-order valence-corrected chi connectivity index (χ1v) is 12.3. The number of benzene rings is 3. The summed E-state index contributed by atoms with van der Waals surface area (Å²) < 4.78 is 0. The molecule has 2 heterocycles. The highest BCUT2D eigenvalue weighted by molar-refractivity contribution is 7.12. The molecule has 0 aliphatic rings. The van der Waals surface area contributed by atoms with Gasteiger partial charge in [0.25, 0.3) is 0 Å². The fourth-order valence-corrected chi connectivity index (χ4v) is 4.58.